The Balaban J connectivity index is 3.10. The molecule has 0 aliphatic heterocycles. The molecule has 0 saturated carbocycles. The van der Waals surface area contributed by atoms with Crippen molar-refractivity contribution < 1.29 is 14.6 Å². The van der Waals surface area contributed by atoms with Gasteiger partial charge in [-0.05, 0) is 32.1 Å². The Hall–Kier alpha value is -0.380. The Morgan fingerprint density at radius 3 is 1.89 bits per heavy atom. The molecule has 0 aromatic heterocycles. The van der Waals surface area contributed by atoms with Gasteiger partial charge in [-0.15, -0.1) is 0 Å². The second kappa shape index (κ2) is 15.7. The summed E-state index contributed by atoms with van der Waals surface area (Å²) in [6.07, 6.45) is 16.3. The van der Waals surface area contributed by atoms with Crippen LogP contribution >= 0.6 is 0 Å². The summed E-state index contributed by atoms with van der Waals surface area (Å²) in [5.41, 5.74) is 0. The lowest BCUT2D eigenvalue weighted by molar-refractivity contribution is -0.107. The molecule has 3 nitrogen and oxygen atoms in total. The topological polar surface area (TPSA) is 38.7 Å². The molecule has 3 heteroatoms. The molecule has 0 aliphatic carbocycles. The van der Waals surface area contributed by atoms with Crippen molar-refractivity contribution in [3.63, 3.8) is 0 Å². The molecule has 1 N–H and O–H groups in total. The second-order valence-corrected chi connectivity index (χ2v) is 4.94. The smallest absolute Gasteiger partial charge is 0.156 e. The highest BCUT2D eigenvalue weighted by Crippen LogP contribution is 2.12. The van der Waals surface area contributed by atoms with Crippen LogP contribution in [0.5, 0.6) is 0 Å². The maximum Gasteiger partial charge on any atom is 0.156 e. The lowest BCUT2D eigenvalue weighted by Crippen LogP contribution is -2.12. The van der Waals surface area contributed by atoms with E-state index >= 15 is 0 Å². The van der Waals surface area contributed by atoms with Crippen molar-refractivity contribution in [2.24, 2.45) is 0 Å². The quantitative estimate of drug-likeness (QED) is 0.294. The molecular formula is C16H32O3. The van der Waals surface area contributed by atoms with Crippen LogP contribution in [0.1, 0.15) is 64.2 Å². The summed E-state index contributed by atoms with van der Waals surface area (Å²) in [5, 5.41) is 8.61. The minimum atomic E-state index is -0.0225. The summed E-state index contributed by atoms with van der Waals surface area (Å²) in [6.45, 7) is 0.267. The molecule has 19 heavy (non-hydrogen) atoms. The molecule has 0 radical (unpaired) electrons. The van der Waals surface area contributed by atoms with E-state index in [1.165, 1.54) is 44.9 Å². The number of methoxy groups -OCH3 is 2. The third kappa shape index (κ3) is 13.8. The van der Waals surface area contributed by atoms with Crippen molar-refractivity contribution >= 4 is 0 Å². The van der Waals surface area contributed by atoms with Crippen LogP contribution in [-0.4, -0.2) is 32.2 Å². The minimum absolute atomic E-state index is 0.0225. The van der Waals surface area contributed by atoms with E-state index in [0.29, 0.717) is 0 Å². The lowest BCUT2D eigenvalue weighted by Gasteiger charge is -2.12. The van der Waals surface area contributed by atoms with Crippen molar-refractivity contribution in [1.82, 2.24) is 0 Å². The van der Waals surface area contributed by atoms with E-state index in [2.05, 4.69) is 12.2 Å². The molecule has 114 valence electrons. The number of aliphatic hydroxyl groups excluding tert-OH is 1. The molecule has 0 atom stereocenters. The Kier molecular flexibility index (Phi) is 15.4. The van der Waals surface area contributed by atoms with Crippen molar-refractivity contribution in [3.8, 4) is 0 Å². The van der Waals surface area contributed by atoms with Crippen LogP contribution in [0.15, 0.2) is 12.2 Å². The fourth-order valence-corrected chi connectivity index (χ4v) is 2.10. The molecule has 0 aromatic rings. The van der Waals surface area contributed by atoms with Gasteiger partial charge in [0.15, 0.2) is 6.29 Å². The lowest BCUT2D eigenvalue weighted by atomic mass is 10.1. The molecule has 0 rings (SSSR count). The van der Waals surface area contributed by atoms with Gasteiger partial charge in [-0.25, -0.2) is 0 Å². The Labute approximate surface area is 119 Å². The van der Waals surface area contributed by atoms with E-state index in [-0.39, 0.29) is 12.9 Å². The molecule has 0 heterocycles. The molecule has 0 amide bonds. The summed E-state index contributed by atoms with van der Waals surface area (Å²) in [4.78, 5) is 0. The fourth-order valence-electron chi connectivity index (χ4n) is 2.10. The summed E-state index contributed by atoms with van der Waals surface area (Å²) < 4.78 is 10.3. The predicted octanol–water partition coefficient (Wildman–Crippen LogP) is 4.05. The van der Waals surface area contributed by atoms with Crippen molar-refractivity contribution in [2.75, 3.05) is 20.8 Å². The average Bonchev–Trinajstić information content (AvgIpc) is 2.44. The zero-order chi connectivity index (χ0) is 14.2. The molecule has 0 bridgehead atoms. The summed E-state index contributed by atoms with van der Waals surface area (Å²) in [5.74, 6) is 0. The van der Waals surface area contributed by atoms with Crippen LogP contribution < -0.4 is 0 Å². The third-order valence-corrected chi connectivity index (χ3v) is 3.30. The Morgan fingerprint density at radius 1 is 0.789 bits per heavy atom. The SMILES string of the molecule is COC(CCCCCCCCC/C=C/CCO)OC. The molecular weight excluding hydrogens is 240 g/mol. The highest BCUT2D eigenvalue weighted by atomic mass is 16.7. The van der Waals surface area contributed by atoms with Gasteiger partial charge in [0.1, 0.15) is 0 Å². The van der Waals surface area contributed by atoms with Gasteiger partial charge in [-0.2, -0.15) is 0 Å². The van der Waals surface area contributed by atoms with Gasteiger partial charge in [0.2, 0.25) is 0 Å². The number of aliphatic hydroxyl groups is 1. The fraction of sp³-hybridized carbons (Fsp3) is 0.875. The normalized spacial score (nSPS) is 11.8. The van der Waals surface area contributed by atoms with E-state index in [0.717, 1.165) is 19.3 Å². The molecule has 0 spiro atoms. The predicted molar refractivity (Wildman–Crippen MR) is 80.2 cm³/mol. The van der Waals surface area contributed by atoms with E-state index in [1.807, 2.05) is 0 Å². The van der Waals surface area contributed by atoms with Crippen LogP contribution in [0, 0.1) is 0 Å². The van der Waals surface area contributed by atoms with E-state index in [1.54, 1.807) is 14.2 Å². The van der Waals surface area contributed by atoms with Crippen LogP contribution in [0.4, 0.5) is 0 Å². The van der Waals surface area contributed by atoms with Crippen LogP contribution in [-0.2, 0) is 9.47 Å². The molecule has 0 saturated heterocycles. The maximum atomic E-state index is 8.61. The van der Waals surface area contributed by atoms with Crippen LogP contribution in [0.25, 0.3) is 0 Å². The van der Waals surface area contributed by atoms with Gasteiger partial charge in [0.25, 0.3) is 0 Å². The molecule has 0 aliphatic rings. The van der Waals surface area contributed by atoms with Gasteiger partial charge in [0, 0.05) is 20.8 Å². The standard InChI is InChI=1S/C16H32O3/c1-18-16(19-2)14-12-10-8-6-4-3-5-7-9-11-13-15-17/h9,11,16-17H,3-8,10,12-15H2,1-2H3/b11-9+. The summed E-state index contributed by atoms with van der Waals surface area (Å²) >= 11 is 0. The largest absolute Gasteiger partial charge is 0.396 e. The van der Waals surface area contributed by atoms with Gasteiger partial charge in [-0.3, -0.25) is 0 Å². The Bertz CT molecular complexity index is 188. The van der Waals surface area contributed by atoms with Crippen LogP contribution in [0.2, 0.25) is 0 Å². The first-order valence-electron chi connectivity index (χ1n) is 7.66. The minimum Gasteiger partial charge on any atom is -0.396 e. The third-order valence-electron chi connectivity index (χ3n) is 3.30. The number of hydrogen-bond donors (Lipinski definition) is 1. The van der Waals surface area contributed by atoms with Gasteiger partial charge in [-0.1, -0.05) is 44.3 Å². The Morgan fingerprint density at radius 2 is 1.32 bits per heavy atom. The average molecular weight is 272 g/mol. The first-order valence-corrected chi connectivity index (χ1v) is 7.66. The molecule has 0 unspecified atom stereocenters. The second-order valence-electron chi connectivity index (χ2n) is 4.94. The van der Waals surface area contributed by atoms with Crippen molar-refractivity contribution in [2.45, 2.75) is 70.5 Å². The van der Waals surface area contributed by atoms with Gasteiger partial charge in [0.05, 0.1) is 0 Å². The number of unbranched alkanes of at least 4 members (excludes halogenated alkanes) is 7. The number of ether oxygens (including phenoxy) is 2. The van der Waals surface area contributed by atoms with Gasteiger partial charge < -0.3 is 14.6 Å². The first-order chi connectivity index (χ1) is 9.35. The highest BCUT2D eigenvalue weighted by Gasteiger charge is 2.03. The van der Waals surface area contributed by atoms with Crippen molar-refractivity contribution in [1.29, 1.82) is 0 Å². The number of hydrogen-bond acceptors (Lipinski definition) is 3. The summed E-state index contributed by atoms with van der Waals surface area (Å²) in [6, 6.07) is 0. The van der Waals surface area contributed by atoms with E-state index in [9.17, 15) is 0 Å². The molecule has 0 aromatic carbocycles. The zero-order valence-electron chi connectivity index (χ0n) is 12.8. The maximum absolute atomic E-state index is 8.61. The first kappa shape index (κ1) is 18.6. The number of rotatable bonds is 14. The summed E-state index contributed by atoms with van der Waals surface area (Å²) in [7, 11) is 3.40. The monoisotopic (exact) mass is 272 g/mol. The molecule has 0 fully saturated rings. The van der Waals surface area contributed by atoms with E-state index in [4.69, 9.17) is 14.6 Å². The van der Waals surface area contributed by atoms with Crippen molar-refractivity contribution in [3.05, 3.63) is 12.2 Å². The number of allylic oxidation sites excluding steroid dienone is 1. The van der Waals surface area contributed by atoms with Crippen LogP contribution in [0.3, 0.4) is 0 Å². The zero-order valence-corrected chi connectivity index (χ0v) is 12.8. The van der Waals surface area contributed by atoms with E-state index < -0.39 is 0 Å². The highest BCUT2D eigenvalue weighted by molar-refractivity contribution is 4.80. The van der Waals surface area contributed by atoms with Gasteiger partial charge >= 0.3 is 0 Å².